The maximum atomic E-state index is 11.8. The molecule has 0 radical (unpaired) electrons. The highest BCUT2D eigenvalue weighted by molar-refractivity contribution is 7.12. The third-order valence-corrected chi connectivity index (χ3v) is 3.87. The zero-order valence-electron chi connectivity index (χ0n) is 8.53. The number of Topliss-reactive ketones (excluding diaryl/α,β-unsaturated/α-hetero) is 1. The van der Waals surface area contributed by atoms with Crippen LogP contribution in [0.5, 0.6) is 0 Å². The number of carbonyl (C=O) groups is 1. The van der Waals surface area contributed by atoms with Gasteiger partial charge in [0, 0.05) is 12.0 Å². The third-order valence-electron chi connectivity index (χ3n) is 2.23. The molecule has 0 aliphatic rings. The molecule has 1 nitrogen and oxygen atoms in total. The van der Waals surface area contributed by atoms with E-state index in [4.69, 9.17) is 0 Å². The number of rotatable bonds is 4. The van der Waals surface area contributed by atoms with Gasteiger partial charge < -0.3 is 0 Å². The minimum absolute atomic E-state index is 0.272. The zero-order chi connectivity index (χ0) is 10.7. The largest absolute Gasteiger partial charge is 0.293 e. The molecule has 15 heavy (non-hydrogen) atoms. The molecule has 0 saturated carbocycles. The molecule has 0 fully saturated rings. The summed E-state index contributed by atoms with van der Waals surface area (Å²) in [5.41, 5.74) is 2.26. The van der Waals surface area contributed by atoms with Gasteiger partial charge >= 0.3 is 0 Å². The van der Waals surface area contributed by atoms with Crippen molar-refractivity contribution in [3.63, 3.8) is 0 Å². The topological polar surface area (TPSA) is 17.1 Å². The van der Waals surface area contributed by atoms with Gasteiger partial charge in [-0.15, -0.1) is 11.3 Å². The Hall–Kier alpha value is -0.930. The van der Waals surface area contributed by atoms with Crippen molar-refractivity contribution in [3.8, 4) is 11.1 Å². The molecule has 2 rings (SSSR count). The van der Waals surface area contributed by atoms with Crippen LogP contribution in [0.3, 0.4) is 0 Å². The Morgan fingerprint density at radius 3 is 2.87 bits per heavy atom. The molecule has 0 unspecified atom stereocenters. The second kappa shape index (κ2) is 4.73. The van der Waals surface area contributed by atoms with Crippen LogP contribution in [0.4, 0.5) is 0 Å². The van der Waals surface area contributed by atoms with E-state index in [-0.39, 0.29) is 5.78 Å². The molecular formula is C12H12OS2. The lowest BCUT2D eigenvalue weighted by Gasteiger charge is -1.99. The highest BCUT2D eigenvalue weighted by atomic mass is 32.1. The van der Waals surface area contributed by atoms with Gasteiger partial charge in [-0.05, 0) is 40.3 Å². The summed E-state index contributed by atoms with van der Waals surface area (Å²) in [6.07, 6.45) is 1.57. The summed E-state index contributed by atoms with van der Waals surface area (Å²) >= 11 is 3.22. The van der Waals surface area contributed by atoms with Crippen molar-refractivity contribution in [1.29, 1.82) is 0 Å². The summed E-state index contributed by atoms with van der Waals surface area (Å²) < 4.78 is 0. The van der Waals surface area contributed by atoms with Gasteiger partial charge in [0.15, 0.2) is 5.78 Å². The van der Waals surface area contributed by atoms with Crippen LogP contribution in [0.2, 0.25) is 0 Å². The molecule has 0 aliphatic heterocycles. The quantitative estimate of drug-likeness (QED) is 0.716. The standard InChI is InChI=1S/C12H12OS2/c1-2-3-11(13)12-10(5-7-15-12)9-4-6-14-8-9/h4-8H,2-3H2,1H3. The summed E-state index contributed by atoms with van der Waals surface area (Å²) in [6.45, 7) is 2.04. The fourth-order valence-electron chi connectivity index (χ4n) is 1.51. The second-order valence-corrected chi connectivity index (χ2v) is 5.04. The van der Waals surface area contributed by atoms with Crippen molar-refractivity contribution in [2.45, 2.75) is 19.8 Å². The predicted molar refractivity (Wildman–Crippen MR) is 66.9 cm³/mol. The number of ketones is 1. The Balaban J connectivity index is 2.34. The Bertz CT molecular complexity index is 440. The molecule has 0 amide bonds. The van der Waals surface area contributed by atoms with Crippen LogP contribution >= 0.6 is 22.7 Å². The van der Waals surface area contributed by atoms with Crippen molar-refractivity contribution < 1.29 is 4.79 Å². The first-order chi connectivity index (χ1) is 7.33. The smallest absolute Gasteiger partial charge is 0.173 e. The molecule has 0 bridgehead atoms. The number of thiophene rings is 2. The van der Waals surface area contributed by atoms with Gasteiger partial charge in [-0.25, -0.2) is 0 Å². The molecule has 2 aromatic rings. The number of hydrogen-bond acceptors (Lipinski definition) is 3. The summed E-state index contributed by atoms with van der Waals surface area (Å²) in [4.78, 5) is 12.7. The maximum Gasteiger partial charge on any atom is 0.173 e. The Morgan fingerprint density at radius 1 is 1.33 bits per heavy atom. The fraction of sp³-hybridized carbons (Fsp3) is 0.250. The SMILES string of the molecule is CCCC(=O)c1sccc1-c1ccsc1. The first-order valence-corrected chi connectivity index (χ1v) is 6.78. The van der Waals surface area contributed by atoms with E-state index >= 15 is 0 Å². The van der Waals surface area contributed by atoms with E-state index in [1.165, 1.54) is 5.56 Å². The van der Waals surface area contributed by atoms with Gasteiger partial charge in [0.1, 0.15) is 0 Å². The monoisotopic (exact) mass is 236 g/mol. The molecule has 0 atom stereocenters. The first-order valence-electron chi connectivity index (χ1n) is 4.96. The van der Waals surface area contributed by atoms with Crippen molar-refractivity contribution in [1.82, 2.24) is 0 Å². The molecule has 0 aliphatic carbocycles. The average Bonchev–Trinajstić information content (AvgIpc) is 2.88. The van der Waals surface area contributed by atoms with Crippen LogP contribution in [0.25, 0.3) is 11.1 Å². The van der Waals surface area contributed by atoms with Crippen LogP contribution in [-0.2, 0) is 0 Å². The van der Waals surface area contributed by atoms with Crippen molar-refractivity contribution >= 4 is 28.5 Å². The van der Waals surface area contributed by atoms with Gasteiger partial charge in [-0.3, -0.25) is 4.79 Å². The minimum Gasteiger partial charge on any atom is -0.293 e. The summed E-state index contributed by atoms with van der Waals surface area (Å²) in [7, 11) is 0. The van der Waals surface area contributed by atoms with Crippen LogP contribution in [0.1, 0.15) is 29.4 Å². The lowest BCUT2D eigenvalue weighted by atomic mass is 10.1. The molecule has 0 N–H and O–H groups in total. The molecule has 0 spiro atoms. The van der Waals surface area contributed by atoms with E-state index in [1.807, 2.05) is 23.8 Å². The van der Waals surface area contributed by atoms with E-state index in [0.29, 0.717) is 6.42 Å². The zero-order valence-corrected chi connectivity index (χ0v) is 10.2. The van der Waals surface area contributed by atoms with Crippen molar-refractivity contribution in [2.24, 2.45) is 0 Å². The molecule has 2 heterocycles. The van der Waals surface area contributed by atoms with E-state index in [9.17, 15) is 4.79 Å². The van der Waals surface area contributed by atoms with Gasteiger partial charge in [0.2, 0.25) is 0 Å². The Kier molecular flexibility index (Phi) is 3.34. The summed E-state index contributed by atoms with van der Waals surface area (Å²) in [5, 5.41) is 6.13. The third kappa shape index (κ3) is 2.19. The Morgan fingerprint density at radius 2 is 2.20 bits per heavy atom. The van der Waals surface area contributed by atoms with Crippen molar-refractivity contribution in [3.05, 3.63) is 33.2 Å². The van der Waals surface area contributed by atoms with Gasteiger partial charge in [0.05, 0.1) is 4.88 Å². The van der Waals surface area contributed by atoms with Gasteiger partial charge in [-0.2, -0.15) is 11.3 Å². The normalized spacial score (nSPS) is 10.5. The molecule has 78 valence electrons. The van der Waals surface area contributed by atoms with Gasteiger partial charge in [-0.1, -0.05) is 6.92 Å². The maximum absolute atomic E-state index is 11.8. The van der Waals surface area contributed by atoms with Crippen LogP contribution in [0.15, 0.2) is 28.3 Å². The molecule has 3 heteroatoms. The van der Waals surface area contributed by atoms with Crippen LogP contribution in [-0.4, -0.2) is 5.78 Å². The lowest BCUT2D eigenvalue weighted by Crippen LogP contribution is -1.96. The molecule has 2 aromatic heterocycles. The van der Waals surface area contributed by atoms with Crippen LogP contribution < -0.4 is 0 Å². The number of hydrogen-bond donors (Lipinski definition) is 0. The minimum atomic E-state index is 0.272. The van der Waals surface area contributed by atoms with E-state index in [1.54, 1.807) is 22.7 Å². The fourth-order valence-corrected chi connectivity index (χ4v) is 3.05. The molecule has 0 aromatic carbocycles. The van der Waals surface area contributed by atoms with E-state index < -0.39 is 0 Å². The van der Waals surface area contributed by atoms with E-state index in [0.717, 1.165) is 16.9 Å². The lowest BCUT2D eigenvalue weighted by molar-refractivity contribution is 0.0986. The summed E-state index contributed by atoms with van der Waals surface area (Å²) in [6, 6.07) is 4.10. The summed E-state index contributed by atoms with van der Waals surface area (Å²) in [5.74, 6) is 0.272. The highest BCUT2D eigenvalue weighted by Crippen LogP contribution is 2.30. The van der Waals surface area contributed by atoms with Crippen LogP contribution in [0, 0.1) is 0 Å². The molecular weight excluding hydrogens is 224 g/mol. The second-order valence-electron chi connectivity index (χ2n) is 3.35. The predicted octanol–water partition coefficient (Wildman–Crippen LogP) is 4.46. The first kappa shape index (κ1) is 10.6. The van der Waals surface area contributed by atoms with Crippen molar-refractivity contribution in [2.75, 3.05) is 0 Å². The Labute approximate surface area is 97.4 Å². The van der Waals surface area contributed by atoms with E-state index in [2.05, 4.69) is 11.4 Å². The average molecular weight is 236 g/mol. The highest BCUT2D eigenvalue weighted by Gasteiger charge is 2.13. The number of carbonyl (C=O) groups excluding carboxylic acids is 1. The molecule has 0 saturated heterocycles. The van der Waals surface area contributed by atoms with Gasteiger partial charge in [0.25, 0.3) is 0 Å².